The summed E-state index contributed by atoms with van der Waals surface area (Å²) in [6, 6.07) is 0. The first kappa shape index (κ1) is 41.0. The Hall–Kier alpha value is -1.03. The van der Waals surface area contributed by atoms with Gasteiger partial charge < -0.3 is 24.6 Å². The Labute approximate surface area is 254 Å². The predicted octanol–water partition coefficient (Wildman–Crippen LogP) is 7.16. The monoisotopic (exact) mass is 624 g/mol. The molecule has 0 fully saturated rings. The summed E-state index contributed by atoms with van der Waals surface area (Å²) in [5.74, 6) is -0.925. The molecule has 1 unspecified atom stereocenters. The maximum atomic E-state index is 12.4. The fourth-order valence-corrected chi connectivity index (χ4v) is 5.19. The maximum absolute atomic E-state index is 12.4. The molecule has 0 aliphatic carbocycles. The van der Waals surface area contributed by atoms with Gasteiger partial charge in [0.2, 0.25) is 0 Å². The first-order valence-corrected chi connectivity index (χ1v) is 18.0. The lowest BCUT2D eigenvalue weighted by Crippen LogP contribution is -2.29. The molecule has 0 aliphatic rings. The number of hydrogen-bond acceptors (Lipinski definition) is 9. The number of phosphoric ester groups is 1. The first-order chi connectivity index (χ1) is 20.2. The van der Waals surface area contributed by atoms with Gasteiger partial charge in [-0.15, -0.1) is 0 Å². The average molecular weight is 625 g/mol. The molecule has 0 saturated carbocycles. The zero-order valence-corrected chi connectivity index (χ0v) is 27.4. The van der Waals surface area contributed by atoms with Crippen LogP contribution in [0.15, 0.2) is 0 Å². The van der Waals surface area contributed by atoms with Crippen molar-refractivity contribution in [2.24, 2.45) is 0 Å². The van der Waals surface area contributed by atoms with Crippen LogP contribution in [0.2, 0.25) is 0 Å². The highest BCUT2D eigenvalue weighted by Gasteiger charge is 2.27. The standard InChI is InChI=1S/C31H61O10P/c1-3-5-7-9-11-13-15-16-18-20-22-30(34)38-26-29(27-40-42(36,37)39-25-28(33)24-32)41-31(35)23-21-19-17-14-12-10-8-6-4-2/h28-29,32-33H,3-27H2,1-2H3,(H,36,37)/t28-,29+/m0/s1. The van der Waals surface area contributed by atoms with E-state index in [1.54, 1.807) is 0 Å². The molecule has 0 aromatic carbocycles. The number of ether oxygens (including phenoxy) is 2. The second-order valence-corrected chi connectivity index (χ2v) is 12.7. The van der Waals surface area contributed by atoms with Crippen LogP contribution in [0.1, 0.15) is 149 Å². The van der Waals surface area contributed by atoms with Crippen molar-refractivity contribution < 1.29 is 47.8 Å². The molecule has 0 aromatic heterocycles. The van der Waals surface area contributed by atoms with E-state index in [0.29, 0.717) is 12.8 Å². The topological polar surface area (TPSA) is 149 Å². The van der Waals surface area contributed by atoms with Gasteiger partial charge in [0.15, 0.2) is 6.10 Å². The summed E-state index contributed by atoms with van der Waals surface area (Å²) >= 11 is 0. The highest BCUT2D eigenvalue weighted by Crippen LogP contribution is 2.43. The van der Waals surface area contributed by atoms with Gasteiger partial charge in [0.1, 0.15) is 12.7 Å². The molecule has 250 valence electrons. The van der Waals surface area contributed by atoms with Gasteiger partial charge in [-0.3, -0.25) is 18.6 Å². The Morgan fingerprint density at radius 3 is 1.48 bits per heavy atom. The number of hydrogen-bond donors (Lipinski definition) is 3. The van der Waals surface area contributed by atoms with E-state index < -0.39 is 51.8 Å². The van der Waals surface area contributed by atoms with Crippen molar-refractivity contribution in [2.45, 2.75) is 161 Å². The van der Waals surface area contributed by atoms with Crippen LogP contribution in [0.5, 0.6) is 0 Å². The van der Waals surface area contributed by atoms with Crippen molar-refractivity contribution in [3.8, 4) is 0 Å². The van der Waals surface area contributed by atoms with E-state index in [0.717, 1.165) is 38.5 Å². The van der Waals surface area contributed by atoms with Gasteiger partial charge in [-0.1, -0.05) is 123 Å². The van der Waals surface area contributed by atoms with E-state index in [1.807, 2.05) is 0 Å². The second-order valence-electron chi connectivity index (χ2n) is 11.2. The molecule has 0 rings (SSSR count). The average Bonchev–Trinajstić information content (AvgIpc) is 2.97. The molecule has 0 bridgehead atoms. The fraction of sp³-hybridized carbons (Fsp3) is 0.935. The first-order valence-electron chi connectivity index (χ1n) is 16.5. The van der Waals surface area contributed by atoms with Crippen LogP contribution in [0, 0.1) is 0 Å². The maximum Gasteiger partial charge on any atom is 0.472 e. The summed E-state index contributed by atoms with van der Waals surface area (Å²) in [6.45, 7) is 2.31. The summed E-state index contributed by atoms with van der Waals surface area (Å²) in [5, 5.41) is 18.2. The molecule has 0 saturated heterocycles. The summed E-state index contributed by atoms with van der Waals surface area (Å²) in [6.07, 6.45) is 19.5. The number of carbonyl (C=O) groups is 2. The zero-order chi connectivity index (χ0) is 31.3. The van der Waals surface area contributed by atoms with Crippen molar-refractivity contribution in [2.75, 3.05) is 26.4 Å². The van der Waals surface area contributed by atoms with Gasteiger partial charge in [-0.05, 0) is 12.8 Å². The highest BCUT2D eigenvalue weighted by atomic mass is 31.2. The van der Waals surface area contributed by atoms with Gasteiger partial charge in [0.25, 0.3) is 0 Å². The van der Waals surface area contributed by atoms with E-state index >= 15 is 0 Å². The molecule has 11 heteroatoms. The Balaban J connectivity index is 4.44. The van der Waals surface area contributed by atoms with Crippen LogP contribution in [0.3, 0.4) is 0 Å². The van der Waals surface area contributed by atoms with Crippen molar-refractivity contribution in [1.82, 2.24) is 0 Å². The van der Waals surface area contributed by atoms with Crippen LogP contribution < -0.4 is 0 Å². The molecule has 0 aliphatic heterocycles. The van der Waals surface area contributed by atoms with E-state index in [-0.39, 0.29) is 19.4 Å². The Kier molecular flexibility index (Phi) is 28.0. The van der Waals surface area contributed by atoms with E-state index in [2.05, 4.69) is 18.4 Å². The number of aliphatic hydroxyl groups excluding tert-OH is 2. The molecule has 42 heavy (non-hydrogen) atoms. The lowest BCUT2D eigenvalue weighted by atomic mass is 10.1. The molecule has 0 heterocycles. The molecule has 0 aromatic rings. The van der Waals surface area contributed by atoms with Crippen molar-refractivity contribution in [1.29, 1.82) is 0 Å². The summed E-state index contributed by atoms with van der Waals surface area (Å²) in [7, 11) is -4.59. The third kappa shape index (κ3) is 27.8. The van der Waals surface area contributed by atoms with Crippen LogP contribution in [0.25, 0.3) is 0 Å². The molecule has 0 radical (unpaired) electrons. The molecule has 0 amide bonds. The van der Waals surface area contributed by atoms with Crippen LogP contribution in [-0.2, 0) is 32.7 Å². The van der Waals surface area contributed by atoms with Crippen LogP contribution >= 0.6 is 7.82 Å². The van der Waals surface area contributed by atoms with Crippen molar-refractivity contribution in [3.05, 3.63) is 0 Å². The highest BCUT2D eigenvalue weighted by molar-refractivity contribution is 7.47. The van der Waals surface area contributed by atoms with Gasteiger partial charge in [0.05, 0.1) is 19.8 Å². The van der Waals surface area contributed by atoms with Crippen LogP contribution in [0.4, 0.5) is 0 Å². The molecular weight excluding hydrogens is 563 g/mol. The molecule has 10 nitrogen and oxygen atoms in total. The minimum Gasteiger partial charge on any atom is -0.462 e. The number of esters is 2. The van der Waals surface area contributed by atoms with Crippen LogP contribution in [-0.4, -0.2) is 65.7 Å². The van der Waals surface area contributed by atoms with E-state index in [4.69, 9.17) is 19.1 Å². The van der Waals surface area contributed by atoms with Gasteiger partial charge in [0, 0.05) is 12.8 Å². The quantitative estimate of drug-likeness (QED) is 0.0412. The van der Waals surface area contributed by atoms with Gasteiger partial charge >= 0.3 is 19.8 Å². The number of aliphatic hydroxyl groups is 2. The predicted molar refractivity (Wildman–Crippen MR) is 164 cm³/mol. The molecule has 3 atom stereocenters. The summed E-state index contributed by atoms with van der Waals surface area (Å²) in [4.78, 5) is 34.5. The lowest BCUT2D eigenvalue weighted by molar-refractivity contribution is -0.161. The number of carbonyl (C=O) groups excluding carboxylic acids is 2. The Morgan fingerprint density at radius 1 is 0.619 bits per heavy atom. The molecular formula is C31H61O10P. The number of phosphoric acid groups is 1. The van der Waals surface area contributed by atoms with E-state index in [9.17, 15) is 24.2 Å². The van der Waals surface area contributed by atoms with Crippen molar-refractivity contribution in [3.63, 3.8) is 0 Å². The molecule has 3 N–H and O–H groups in total. The zero-order valence-electron chi connectivity index (χ0n) is 26.5. The molecule has 0 spiro atoms. The summed E-state index contributed by atoms with van der Waals surface area (Å²) in [5.41, 5.74) is 0. The smallest absolute Gasteiger partial charge is 0.462 e. The van der Waals surface area contributed by atoms with E-state index in [1.165, 1.54) is 70.6 Å². The SMILES string of the molecule is CCCCCCCCCCCCC(=O)OC[C@H](COP(=O)(O)OC[C@@H](O)CO)OC(=O)CCCCCCCCCCC. The Bertz CT molecular complexity index is 691. The minimum absolute atomic E-state index is 0.189. The largest absolute Gasteiger partial charge is 0.472 e. The number of rotatable bonds is 31. The minimum atomic E-state index is -4.59. The third-order valence-electron chi connectivity index (χ3n) is 7.01. The fourth-order valence-electron chi connectivity index (χ4n) is 4.40. The lowest BCUT2D eigenvalue weighted by Gasteiger charge is -2.20. The second kappa shape index (κ2) is 28.7. The third-order valence-corrected chi connectivity index (χ3v) is 7.96. The Morgan fingerprint density at radius 2 is 1.02 bits per heavy atom. The van der Waals surface area contributed by atoms with Gasteiger partial charge in [-0.25, -0.2) is 4.57 Å². The normalized spacial score (nSPS) is 14.3. The summed E-state index contributed by atoms with van der Waals surface area (Å²) < 4.78 is 32.3. The van der Waals surface area contributed by atoms with Crippen molar-refractivity contribution >= 4 is 19.8 Å². The van der Waals surface area contributed by atoms with Gasteiger partial charge in [-0.2, -0.15) is 0 Å². The number of unbranched alkanes of at least 4 members (excludes halogenated alkanes) is 17.